The summed E-state index contributed by atoms with van der Waals surface area (Å²) < 4.78 is 13.8. The number of rotatable bonds is 5. The largest absolute Gasteiger partial charge is 0.352 e. The van der Waals surface area contributed by atoms with Crippen LogP contribution in [0.1, 0.15) is 33.6 Å². The summed E-state index contributed by atoms with van der Waals surface area (Å²) >= 11 is 5.85. The summed E-state index contributed by atoms with van der Waals surface area (Å²) in [6.07, 6.45) is 1.13. The van der Waals surface area contributed by atoms with Crippen molar-refractivity contribution in [1.82, 2.24) is 15.5 Å². The maximum absolute atomic E-state index is 13.8. The molecule has 1 aliphatic rings. The summed E-state index contributed by atoms with van der Waals surface area (Å²) in [7, 11) is 0. The molecule has 3 amide bonds. The highest BCUT2D eigenvalue weighted by atomic mass is 35.5. The third-order valence-electron chi connectivity index (χ3n) is 4.75. The normalized spacial score (nSPS) is 14.3. The van der Waals surface area contributed by atoms with E-state index >= 15 is 0 Å². The van der Waals surface area contributed by atoms with Crippen molar-refractivity contribution in [3.8, 4) is 0 Å². The number of nitrogens with one attached hydrogen (secondary N) is 2. The molecule has 29 heavy (non-hydrogen) atoms. The van der Waals surface area contributed by atoms with Crippen molar-refractivity contribution >= 4 is 29.3 Å². The number of nitrogens with zero attached hydrogens (tertiary/aromatic N) is 1. The van der Waals surface area contributed by atoms with Crippen molar-refractivity contribution < 1.29 is 18.8 Å². The Bertz CT molecular complexity index is 914. The third kappa shape index (κ3) is 5.54. The van der Waals surface area contributed by atoms with E-state index in [1.807, 2.05) is 0 Å². The fourth-order valence-electron chi connectivity index (χ4n) is 3.20. The Labute approximate surface area is 173 Å². The number of hydrogen-bond donors (Lipinski definition) is 2. The van der Waals surface area contributed by atoms with Gasteiger partial charge in [0, 0.05) is 29.7 Å². The van der Waals surface area contributed by atoms with Crippen LogP contribution in [-0.2, 0) is 4.79 Å². The predicted molar refractivity (Wildman–Crippen MR) is 107 cm³/mol. The van der Waals surface area contributed by atoms with Crippen LogP contribution in [0, 0.1) is 5.82 Å². The fraction of sp³-hybridized carbons (Fsp3) is 0.286. The molecule has 0 aliphatic carbocycles. The molecule has 1 saturated heterocycles. The number of piperidine rings is 1. The molecule has 6 nitrogen and oxygen atoms in total. The molecule has 152 valence electrons. The van der Waals surface area contributed by atoms with Crippen molar-refractivity contribution in [3.05, 3.63) is 70.5 Å². The molecule has 2 aromatic rings. The zero-order chi connectivity index (χ0) is 20.8. The average molecular weight is 418 g/mol. The van der Waals surface area contributed by atoms with E-state index in [1.165, 1.54) is 18.2 Å². The Morgan fingerprint density at radius 3 is 2.48 bits per heavy atom. The van der Waals surface area contributed by atoms with E-state index in [0.29, 0.717) is 36.5 Å². The SMILES string of the molecule is O=C(CNC(=O)c1cccc(Cl)c1)NC1CCN(C(=O)c2ccccc2F)CC1. The second kappa shape index (κ2) is 9.52. The lowest BCUT2D eigenvalue weighted by molar-refractivity contribution is -0.121. The highest BCUT2D eigenvalue weighted by Crippen LogP contribution is 2.16. The molecule has 3 rings (SSSR count). The topological polar surface area (TPSA) is 78.5 Å². The minimum atomic E-state index is -0.539. The van der Waals surface area contributed by atoms with Gasteiger partial charge >= 0.3 is 0 Å². The van der Waals surface area contributed by atoms with Crippen LogP contribution in [0.5, 0.6) is 0 Å². The summed E-state index contributed by atoms with van der Waals surface area (Å²) in [5.41, 5.74) is 0.434. The Morgan fingerprint density at radius 1 is 1.07 bits per heavy atom. The van der Waals surface area contributed by atoms with Gasteiger partial charge in [-0.2, -0.15) is 0 Å². The van der Waals surface area contributed by atoms with E-state index in [2.05, 4.69) is 10.6 Å². The summed E-state index contributed by atoms with van der Waals surface area (Å²) in [5.74, 6) is -1.57. The van der Waals surface area contributed by atoms with Gasteiger partial charge in [0.1, 0.15) is 5.82 Å². The minimum Gasteiger partial charge on any atom is -0.352 e. The molecule has 1 aliphatic heterocycles. The van der Waals surface area contributed by atoms with Gasteiger partial charge in [0.15, 0.2) is 0 Å². The van der Waals surface area contributed by atoms with Gasteiger partial charge < -0.3 is 15.5 Å². The fourth-order valence-corrected chi connectivity index (χ4v) is 3.39. The van der Waals surface area contributed by atoms with Crippen molar-refractivity contribution in [3.63, 3.8) is 0 Å². The van der Waals surface area contributed by atoms with Gasteiger partial charge in [0.2, 0.25) is 5.91 Å². The van der Waals surface area contributed by atoms with Crippen LogP contribution in [0.3, 0.4) is 0 Å². The number of carbonyl (C=O) groups is 3. The second-order valence-corrected chi connectivity index (χ2v) is 7.24. The van der Waals surface area contributed by atoms with Crippen LogP contribution in [-0.4, -0.2) is 48.3 Å². The summed E-state index contributed by atoms with van der Waals surface area (Å²) in [5, 5.41) is 5.85. The highest BCUT2D eigenvalue weighted by molar-refractivity contribution is 6.31. The Kier molecular flexibility index (Phi) is 6.82. The van der Waals surface area contributed by atoms with Gasteiger partial charge in [-0.05, 0) is 43.2 Å². The van der Waals surface area contributed by atoms with Crippen LogP contribution >= 0.6 is 11.6 Å². The molecular weight excluding hydrogens is 397 g/mol. The minimum absolute atomic E-state index is 0.0544. The zero-order valence-electron chi connectivity index (χ0n) is 15.7. The molecular formula is C21H21ClFN3O3. The van der Waals surface area contributed by atoms with Gasteiger partial charge in [-0.25, -0.2) is 4.39 Å². The Balaban J connectivity index is 1.43. The highest BCUT2D eigenvalue weighted by Gasteiger charge is 2.26. The number of halogens is 2. The smallest absolute Gasteiger partial charge is 0.256 e. The van der Waals surface area contributed by atoms with E-state index in [-0.39, 0.29) is 35.9 Å². The molecule has 0 unspecified atom stereocenters. The second-order valence-electron chi connectivity index (χ2n) is 6.81. The van der Waals surface area contributed by atoms with E-state index in [0.717, 1.165) is 0 Å². The van der Waals surface area contributed by atoms with E-state index < -0.39 is 5.82 Å². The lowest BCUT2D eigenvalue weighted by atomic mass is 10.0. The molecule has 1 heterocycles. The standard InChI is InChI=1S/C21H21ClFN3O3/c22-15-5-3-4-14(12-15)20(28)24-13-19(27)25-16-8-10-26(11-9-16)21(29)17-6-1-2-7-18(17)23/h1-7,12,16H,8-11,13H2,(H,24,28)(H,25,27). The first-order chi connectivity index (χ1) is 13.9. The first-order valence-electron chi connectivity index (χ1n) is 9.31. The first-order valence-corrected chi connectivity index (χ1v) is 9.69. The summed E-state index contributed by atoms with van der Waals surface area (Å²) in [6, 6.07) is 12.3. The van der Waals surface area contributed by atoms with Crippen LogP contribution in [0.15, 0.2) is 48.5 Å². The average Bonchev–Trinajstić information content (AvgIpc) is 2.72. The zero-order valence-corrected chi connectivity index (χ0v) is 16.4. The van der Waals surface area contributed by atoms with Gasteiger partial charge in [-0.1, -0.05) is 29.8 Å². The van der Waals surface area contributed by atoms with Gasteiger partial charge in [-0.3, -0.25) is 14.4 Å². The van der Waals surface area contributed by atoms with Crippen LogP contribution in [0.4, 0.5) is 4.39 Å². The predicted octanol–water partition coefficient (Wildman–Crippen LogP) is 2.63. The maximum atomic E-state index is 13.8. The van der Waals surface area contributed by atoms with Gasteiger partial charge in [-0.15, -0.1) is 0 Å². The maximum Gasteiger partial charge on any atom is 0.256 e. The number of likely N-dealkylation sites (tertiary alicyclic amines) is 1. The van der Waals surface area contributed by atoms with Gasteiger partial charge in [0.25, 0.3) is 11.8 Å². The van der Waals surface area contributed by atoms with E-state index in [1.54, 1.807) is 35.2 Å². The molecule has 0 bridgehead atoms. The van der Waals surface area contributed by atoms with E-state index in [4.69, 9.17) is 11.6 Å². The number of hydrogen-bond acceptors (Lipinski definition) is 3. The third-order valence-corrected chi connectivity index (χ3v) is 4.98. The molecule has 0 aromatic heterocycles. The summed E-state index contributed by atoms with van der Waals surface area (Å²) in [6.45, 7) is 0.694. The van der Waals surface area contributed by atoms with E-state index in [9.17, 15) is 18.8 Å². The molecule has 1 fully saturated rings. The number of benzene rings is 2. The van der Waals surface area contributed by atoms with Crippen molar-refractivity contribution in [2.24, 2.45) is 0 Å². The van der Waals surface area contributed by atoms with Crippen LogP contribution in [0.2, 0.25) is 5.02 Å². The van der Waals surface area contributed by atoms with Crippen molar-refractivity contribution in [1.29, 1.82) is 0 Å². The molecule has 0 atom stereocenters. The van der Waals surface area contributed by atoms with Gasteiger partial charge in [0.05, 0.1) is 12.1 Å². The van der Waals surface area contributed by atoms with Crippen LogP contribution < -0.4 is 10.6 Å². The monoisotopic (exact) mass is 417 g/mol. The quantitative estimate of drug-likeness (QED) is 0.785. The molecule has 0 spiro atoms. The summed E-state index contributed by atoms with van der Waals surface area (Å²) in [4.78, 5) is 38.2. The van der Waals surface area contributed by atoms with Crippen molar-refractivity contribution in [2.75, 3.05) is 19.6 Å². The number of amides is 3. The van der Waals surface area contributed by atoms with Crippen LogP contribution in [0.25, 0.3) is 0 Å². The first kappa shape index (κ1) is 20.8. The lowest BCUT2D eigenvalue weighted by Crippen LogP contribution is -2.48. The molecule has 2 aromatic carbocycles. The molecule has 2 N–H and O–H groups in total. The molecule has 0 radical (unpaired) electrons. The Morgan fingerprint density at radius 2 is 1.79 bits per heavy atom. The number of carbonyl (C=O) groups excluding carboxylic acids is 3. The molecule has 0 saturated carbocycles. The molecule has 8 heteroatoms. The van der Waals surface area contributed by atoms with Crippen molar-refractivity contribution in [2.45, 2.75) is 18.9 Å². The lowest BCUT2D eigenvalue weighted by Gasteiger charge is -2.32. The Hall–Kier alpha value is -2.93.